The van der Waals surface area contributed by atoms with Gasteiger partial charge in [0.25, 0.3) is 0 Å². The molecular formula is C17H16ClNO. The van der Waals surface area contributed by atoms with Crippen molar-refractivity contribution in [1.29, 1.82) is 0 Å². The second-order valence-electron chi connectivity index (χ2n) is 5.37. The number of rotatable bonds is 2. The summed E-state index contributed by atoms with van der Waals surface area (Å²) in [5.74, 6) is 0.592. The van der Waals surface area contributed by atoms with Crippen LogP contribution in [0, 0.1) is 5.92 Å². The van der Waals surface area contributed by atoms with E-state index in [0.29, 0.717) is 16.5 Å². The van der Waals surface area contributed by atoms with Gasteiger partial charge in [0, 0.05) is 23.5 Å². The summed E-state index contributed by atoms with van der Waals surface area (Å²) in [6, 6.07) is 14.1. The standard InChI is InChI=1S/C17H16ClNO/c1-12-8-13-4-2-3-5-17(13)19(10-12)15-7-6-14(11-20)16(18)9-15/h2-7,9,11-12H,8,10H2,1H3. The minimum absolute atomic E-state index is 0.508. The molecule has 20 heavy (non-hydrogen) atoms. The first-order valence-electron chi connectivity index (χ1n) is 6.79. The highest BCUT2D eigenvalue weighted by molar-refractivity contribution is 6.33. The fourth-order valence-corrected chi connectivity index (χ4v) is 3.04. The summed E-state index contributed by atoms with van der Waals surface area (Å²) in [6.45, 7) is 3.22. The maximum Gasteiger partial charge on any atom is 0.151 e. The summed E-state index contributed by atoms with van der Waals surface area (Å²) >= 11 is 6.15. The Morgan fingerprint density at radius 2 is 2.05 bits per heavy atom. The SMILES string of the molecule is CC1Cc2ccccc2N(c2ccc(C=O)c(Cl)c2)C1. The highest BCUT2D eigenvalue weighted by Gasteiger charge is 2.22. The van der Waals surface area contributed by atoms with Gasteiger partial charge in [-0.25, -0.2) is 0 Å². The zero-order chi connectivity index (χ0) is 14.1. The molecule has 3 rings (SSSR count). The molecule has 0 fully saturated rings. The molecule has 1 unspecified atom stereocenters. The summed E-state index contributed by atoms with van der Waals surface area (Å²) in [5.41, 5.74) is 4.18. The van der Waals surface area contributed by atoms with Crippen molar-refractivity contribution in [3.05, 3.63) is 58.6 Å². The first-order chi connectivity index (χ1) is 9.69. The van der Waals surface area contributed by atoms with E-state index in [1.54, 1.807) is 6.07 Å². The van der Waals surface area contributed by atoms with Gasteiger partial charge in [-0.05, 0) is 42.2 Å². The number of anilines is 2. The number of benzene rings is 2. The number of fused-ring (bicyclic) bond motifs is 1. The molecule has 1 aliphatic rings. The van der Waals surface area contributed by atoms with Crippen molar-refractivity contribution in [3.8, 4) is 0 Å². The van der Waals surface area contributed by atoms with Crippen molar-refractivity contribution >= 4 is 29.3 Å². The van der Waals surface area contributed by atoms with E-state index in [-0.39, 0.29) is 0 Å². The van der Waals surface area contributed by atoms with E-state index in [2.05, 4.69) is 36.1 Å². The van der Waals surface area contributed by atoms with Gasteiger partial charge >= 0.3 is 0 Å². The Labute approximate surface area is 124 Å². The van der Waals surface area contributed by atoms with E-state index < -0.39 is 0 Å². The third-order valence-corrected chi connectivity index (χ3v) is 4.10. The summed E-state index contributed by atoms with van der Waals surface area (Å²) in [7, 11) is 0. The number of halogens is 1. The van der Waals surface area contributed by atoms with E-state index in [1.165, 1.54) is 11.3 Å². The summed E-state index contributed by atoms with van der Waals surface area (Å²) in [4.78, 5) is 13.1. The molecule has 0 saturated carbocycles. The molecule has 102 valence electrons. The van der Waals surface area contributed by atoms with Crippen molar-refractivity contribution in [1.82, 2.24) is 0 Å². The van der Waals surface area contributed by atoms with Gasteiger partial charge in [-0.2, -0.15) is 0 Å². The Bertz CT molecular complexity index is 653. The van der Waals surface area contributed by atoms with E-state index in [4.69, 9.17) is 11.6 Å². The summed E-state index contributed by atoms with van der Waals surface area (Å²) < 4.78 is 0. The van der Waals surface area contributed by atoms with Gasteiger partial charge in [0.05, 0.1) is 5.02 Å². The predicted molar refractivity (Wildman–Crippen MR) is 83.2 cm³/mol. The monoisotopic (exact) mass is 285 g/mol. The fraction of sp³-hybridized carbons (Fsp3) is 0.235. The van der Waals surface area contributed by atoms with Crippen LogP contribution in [0.5, 0.6) is 0 Å². The fourth-order valence-electron chi connectivity index (χ4n) is 2.82. The van der Waals surface area contributed by atoms with Gasteiger partial charge in [0.1, 0.15) is 0 Å². The van der Waals surface area contributed by atoms with Crippen LogP contribution in [0.3, 0.4) is 0 Å². The normalized spacial score (nSPS) is 17.7. The van der Waals surface area contributed by atoms with Crippen molar-refractivity contribution in [2.45, 2.75) is 13.3 Å². The Kier molecular flexibility index (Phi) is 3.49. The Balaban J connectivity index is 2.06. The maximum atomic E-state index is 10.9. The number of nitrogens with zero attached hydrogens (tertiary/aromatic N) is 1. The topological polar surface area (TPSA) is 20.3 Å². The van der Waals surface area contributed by atoms with Crippen LogP contribution in [0.2, 0.25) is 5.02 Å². The van der Waals surface area contributed by atoms with Crippen molar-refractivity contribution < 1.29 is 4.79 Å². The molecule has 0 N–H and O–H groups in total. The zero-order valence-electron chi connectivity index (χ0n) is 11.3. The number of hydrogen-bond acceptors (Lipinski definition) is 2. The second kappa shape index (κ2) is 5.29. The Morgan fingerprint density at radius 1 is 1.25 bits per heavy atom. The molecule has 0 bridgehead atoms. The molecule has 2 aromatic rings. The van der Waals surface area contributed by atoms with E-state index >= 15 is 0 Å². The van der Waals surface area contributed by atoms with Crippen LogP contribution in [0.25, 0.3) is 0 Å². The first kappa shape index (κ1) is 13.2. The van der Waals surface area contributed by atoms with Gasteiger partial charge < -0.3 is 4.90 Å². The van der Waals surface area contributed by atoms with Crippen LogP contribution in [0.15, 0.2) is 42.5 Å². The predicted octanol–water partition coefficient (Wildman–Crippen LogP) is 4.48. The molecule has 0 radical (unpaired) electrons. The quantitative estimate of drug-likeness (QED) is 0.758. The van der Waals surface area contributed by atoms with Crippen LogP contribution in [-0.4, -0.2) is 12.8 Å². The molecule has 0 saturated heterocycles. The van der Waals surface area contributed by atoms with Crippen LogP contribution in [0.4, 0.5) is 11.4 Å². The van der Waals surface area contributed by atoms with E-state index in [9.17, 15) is 4.79 Å². The molecule has 0 aliphatic carbocycles. The lowest BCUT2D eigenvalue weighted by atomic mass is 9.93. The molecule has 3 heteroatoms. The van der Waals surface area contributed by atoms with Crippen molar-refractivity contribution in [2.75, 3.05) is 11.4 Å². The Morgan fingerprint density at radius 3 is 2.80 bits per heavy atom. The third kappa shape index (κ3) is 2.32. The van der Waals surface area contributed by atoms with Gasteiger partial charge in [0.2, 0.25) is 0 Å². The van der Waals surface area contributed by atoms with Crippen molar-refractivity contribution in [3.63, 3.8) is 0 Å². The number of carbonyl (C=O) groups excluding carboxylic acids is 1. The lowest BCUT2D eigenvalue weighted by molar-refractivity contribution is 0.112. The summed E-state index contributed by atoms with van der Waals surface area (Å²) in [5, 5.41) is 0.508. The van der Waals surface area contributed by atoms with Crippen LogP contribution >= 0.6 is 11.6 Å². The van der Waals surface area contributed by atoms with Gasteiger partial charge in [0.15, 0.2) is 6.29 Å². The van der Waals surface area contributed by atoms with Crippen LogP contribution in [0.1, 0.15) is 22.8 Å². The Hall–Kier alpha value is -1.80. The highest BCUT2D eigenvalue weighted by Crippen LogP contribution is 2.36. The molecular weight excluding hydrogens is 270 g/mol. The van der Waals surface area contributed by atoms with Gasteiger partial charge in [-0.15, -0.1) is 0 Å². The molecule has 2 nitrogen and oxygen atoms in total. The molecule has 0 spiro atoms. The van der Waals surface area contributed by atoms with E-state index in [1.807, 2.05) is 12.1 Å². The molecule has 1 atom stereocenters. The molecule has 1 aliphatic heterocycles. The lowest BCUT2D eigenvalue weighted by Crippen LogP contribution is -2.30. The lowest BCUT2D eigenvalue weighted by Gasteiger charge is -2.35. The minimum atomic E-state index is 0.508. The van der Waals surface area contributed by atoms with Gasteiger partial charge in [-0.3, -0.25) is 4.79 Å². The van der Waals surface area contributed by atoms with Crippen LogP contribution in [-0.2, 0) is 6.42 Å². The van der Waals surface area contributed by atoms with E-state index in [0.717, 1.165) is 24.9 Å². The zero-order valence-corrected chi connectivity index (χ0v) is 12.1. The maximum absolute atomic E-state index is 10.9. The number of aldehydes is 1. The van der Waals surface area contributed by atoms with Crippen LogP contribution < -0.4 is 4.90 Å². The molecule has 2 aromatic carbocycles. The second-order valence-corrected chi connectivity index (χ2v) is 5.78. The number of hydrogen-bond donors (Lipinski definition) is 0. The van der Waals surface area contributed by atoms with Crippen molar-refractivity contribution in [2.24, 2.45) is 5.92 Å². The molecule has 1 heterocycles. The average molecular weight is 286 g/mol. The smallest absolute Gasteiger partial charge is 0.151 e. The highest BCUT2D eigenvalue weighted by atomic mass is 35.5. The van der Waals surface area contributed by atoms with Gasteiger partial charge in [-0.1, -0.05) is 36.7 Å². The number of para-hydroxylation sites is 1. The summed E-state index contributed by atoms with van der Waals surface area (Å²) in [6.07, 6.45) is 1.89. The largest absolute Gasteiger partial charge is 0.341 e. The molecule has 0 aromatic heterocycles. The number of carbonyl (C=O) groups is 1. The molecule has 0 amide bonds. The third-order valence-electron chi connectivity index (χ3n) is 3.77. The minimum Gasteiger partial charge on any atom is -0.341 e. The average Bonchev–Trinajstić information content (AvgIpc) is 2.46. The first-order valence-corrected chi connectivity index (χ1v) is 7.17.